The van der Waals surface area contributed by atoms with Gasteiger partial charge in [0.25, 0.3) is 5.69 Å². The van der Waals surface area contributed by atoms with Crippen molar-refractivity contribution in [3.8, 4) is 11.5 Å². The third-order valence-electron chi connectivity index (χ3n) is 3.93. The van der Waals surface area contributed by atoms with E-state index in [0.29, 0.717) is 16.3 Å². The first kappa shape index (κ1) is 17.4. The normalized spacial score (nSPS) is 13.8. The molecule has 1 N–H and O–H groups in total. The van der Waals surface area contributed by atoms with Crippen molar-refractivity contribution in [2.45, 2.75) is 14.7 Å². The van der Waals surface area contributed by atoms with Crippen LogP contribution in [0.15, 0.2) is 81.4 Å². The predicted molar refractivity (Wildman–Crippen MR) is 101 cm³/mol. The first-order chi connectivity index (χ1) is 13.0. The Hall–Kier alpha value is -3.04. The highest BCUT2D eigenvalue weighted by atomic mass is 32.2. The summed E-state index contributed by atoms with van der Waals surface area (Å²) in [4.78, 5) is 11.2. The van der Waals surface area contributed by atoms with E-state index in [4.69, 9.17) is 4.74 Å². The van der Waals surface area contributed by atoms with Crippen molar-refractivity contribution >= 4 is 33.2 Å². The molecule has 136 valence electrons. The quantitative estimate of drug-likeness (QED) is 0.302. The van der Waals surface area contributed by atoms with Crippen molar-refractivity contribution < 1.29 is 18.1 Å². The topological polar surface area (TPSA) is 98.5 Å². The number of nitro groups is 1. The monoisotopic (exact) mass is 400 g/mol. The standard InChI is InChI=1S/C18H12N2O5S2/c21-20(22)13-5-1-3-7-16(13)26-19-12-9-10-15-18(11-12)27(23,24)17-8-4-2-6-14(17)25-15/h1-11,19H. The summed E-state index contributed by atoms with van der Waals surface area (Å²) < 4.78 is 34.4. The van der Waals surface area contributed by atoms with Gasteiger partial charge in [-0.15, -0.1) is 0 Å². The lowest BCUT2D eigenvalue weighted by Gasteiger charge is -2.20. The fourth-order valence-electron chi connectivity index (χ4n) is 2.67. The Bertz CT molecular complexity index is 1160. The molecule has 0 aromatic heterocycles. The van der Waals surface area contributed by atoms with Crippen LogP contribution >= 0.6 is 11.9 Å². The lowest BCUT2D eigenvalue weighted by Crippen LogP contribution is -2.11. The predicted octanol–water partition coefficient (Wildman–Crippen LogP) is 4.65. The average Bonchev–Trinajstić information content (AvgIpc) is 2.67. The third-order valence-corrected chi connectivity index (χ3v) is 6.65. The van der Waals surface area contributed by atoms with Gasteiger partial charge in [-0.05, 0) is 48.3 Å². The van der Waals surface area contributed by atoms with E-state index in [0.717, 1.165) is 11.9 Å². The molecule has 27 heavy (non-hydrogen) atoms. The van der Waals surface area contributed by atoms with Crippen LogP contribution in [-0.4, -0.2) is 13.3 Å². The smallest absolute Gasteiger partial charge is 0.284 e. The zero-order chi connectivity index (χ0) is 19.0. The highest BCUT2D eigenvalue weighted by molar-refractivity contribution is 8.00. The number of ether oxygens (including phenoxy) is 1. The van der Waals surface area contributed by atoms with E-state index in [2.05, 4.69) is 4.72 Å². The largest absolute Gasteiger partial charge is 0.455 e. The first-order valence-electron chi connectivity index (χ1n) is 7.79. The Labute approximate surface area is 159 Å². The first-order valence-corrected chi connectivity index (χ1v) is 10.1. The molecule has 0 aliphatic carbocycles. The molecule has 4 rings (SSSR count). The van der Waals surface area contributed by atoms with E-state index in [-0.39, 0.29) is 21.2 Å². The van der Waals surface area contributed by atoms with Crippen molar-refractivity contribution in [2.24, 2.45) is 0 Å². The molecule has 0 atom stereocenters. The molecule has 1 heterocycles. The van der Waals surface area contributed by atoms with Gasteiger partial charge in [0.2, 0.25) is 9.84 Å². The summed E-state index contributed by atoms with van der Waals surface area (Å²) in [6, 6.07) is 17.4. The zero-order valence-corrected chi connectivity index (χ0v) is 15.3. The number of hydrogen-bond donors (Lipinski definition) is 1. The van der Waals surface area contributed by atoms with Gasteiger partial charge in [-0.2, -0.15) is 0 Å². The molecule has 0 bridgehead atoms. The highest BCUT2D eigenvalue weighted by Crippen LogP contribution is 2.43. The molecular weight excluding hydrogens is 388 g/mol. The molecule has 0 radical (unpaired) electrons. The Morgan fingerprint density at radius 2 is 1.63 bits per heavy atom. The Morgan fingerprint density at radius 3 is 2.44 bits per heavy atom. The average molecular weight is 400 g/mol. The van der Waals surface area contributed by atoms with Gasteiger partial charge in [-0.1, -0.05) is 24.3 Å². The van der Waals surface area contributed by atoms with E-state index < -0.39 is 14.8 Å². The molecular formula is C18H12N2O5S2. The van der Waals surface area contributed by atoms with Crippen LogP contribution in [-0.2, 0) is 9.84 Å². The van der Waals surface area contributed by atoms with Crippen molar-refractivity contribution in [1.82, 2.24) is 0 Å². The van der Waals surface area contributed by atoms with E-state index in [9.17, 15) is 18.5 Å². The highest BCUT2D eigenvalue weighted by Gasteiger charge is 2.31. The van der Waals surface area contributed by atoms with Crippen LogP contribution in [0, 0.1) is 10.1 Å². The Morgan fingerprint density at radius 1 is 0.926 bits per heavy atom. The summed E-state index contributed by atoms with van der Waals surface area (Å²) in [5.41, 5.74) is 0.460. The van der Waals surface area contributed by atoms with E-state index >= 15 is 0 Å². The van der Waals surface area contributed by atoms with Gasteiger partial charge in [0.05, 0.1) is 4.92 Å². The number of nitrogens with zero attached hydrogens (tertiary/aromatic N) is 1. The maximum atomic E-state index is 12.9. The van der Waals surface area contributed by atoms with E-state index in [1.807, 2.05) is 0 Å². The summed E-state index contributed by atoms with van der Waals surface area (Å²) in [5.74, 6) is 0.537. The molecule has 7 nitrogen and oxygen atoms in total. The molecule has 9 heteroatoms. The molecule has 0 amide bonds. The van der Waals surface area contributed by atoms with E-state index in [1.54, 1.807) is 48.5 Å². The Kier molecular flexibility index (Phi) is 4.25. The number of anilines is 1. The second-order valence-electron chi connectivity index (χ2n) is 5.64. The minimum Gasteiger partial charge on any atom is -0.455 e. The van der Waals surface area contributed by atoms with Crippen molar-refractivity contribution in [3.05, 3.63) is 76.8 Å². The number of hydrogen-bond acceptors (Lipinski definition) is 7. The zero-order valence-electron chi connectivity index (χ0n) is 13.7. The summed E-state index contributed by atoms with van der Waals surface area (Å²) in [6.07, 6.45) is 0. The van der Waals surface area contributed by atoms with Gasteiger partial charge >= 0.3 is 0 Å². The molecule has 0 fully saturated rings. The lowest BCUT2D eigenvalue weighted by atomic mass is 10.3. The SMILES string of the molecule is O=[N+]([O-])c1ccccc1SNc1ccc2c(c1)S(=O)(=O)c1ccccc1O2. The van der Waals surface area contributed by atoms with Gasteiger partial charge in [0.1, 0.15) is 26.2 Å². The van der Waals surface area contributed by atoms with Gasteiger partial charge in [0, 0.05) is 11.8 Å². The van der Waals surface area contributed by atoms with Crippen LogP contribution in [0.2, 0.25) is 0 Å². The van der Waals surface area contributed by atoms with Gasteiger partial charge in [-0.25, -0.2) is 8.42 Å². The minimum atomic E-state index is -3.71. The number of benzene rings is 3. The maximum absolute atomic E-state index is 12.9. The van der Waals surface area contributed by atoms with E-state index in [1.165, 1.54) is 18.2 Å². The minimum absolute atomic E-state index is 0.0298. The molecule has 0 unspecified atom stereocenters. The van der Waals surface area contributed by atoms with Gasteiger partial charge in [0.15, 0.2) is 0 Å². The number of sulfone groups is 1. The number of nitrogens with one attached hydrogen (secondary N) is 1. The lowest BCUT2D eigenvalue weighted by molar-refractivity contribution is -0.387. The molecule has 0 saturated heterocycles. The van der Waals surface area contributed by atoms with Crippen LogP contribution in [0.4, 0.5) is 11.4 Å². The fourth-order valence-corrected chi connectivity index (χ4v) is 4.94. The molecule has 0 spiro atoms. The number of nitro benzene ring substituents is 1. The van der Waals surface area contributed by atoms with Crippen molar-refractivity contribution in [1.29, 1.82) is 0 Å². The molecule has 3 aromatic carbocycles. The van der Waals surface area contributed by atoms with Crippen LogP contribution in [0.1, 0.15) is 0 Å². The summed E-state index contributed by atoms with van der Waals surface area (Å²) in [7, 11) is -3.71. The summed E-state index contributed by atoms with van der Waals surface area (Å²) >= 11 is 1.04. The molecule has 3 aromatic rings. The Balaban J connectivity index is 1.65. The van der Waals surface area contributed by atoms with Crippen LogP contribution in [0.5, 0.6) is 11.5 Å². The van der Waals surface area contributed by atoms with Crippen molar-refractivity contribution in [2.75, 3.05) is 4.72 Å². The second-order valence-corrected chi connectivity index (χ2v) is 8.38. The molecule has 1 aliphatic rings. The van der Waals surface area contributed by atoms with Crippen LogP contribution < -0.4 is 9.46 Å². The molecule has 0 saturated carbocycles. The third kappa shape index (κ3) is 3.11. The second kappa shape index (κ2) is 6.60. The van der Waals surface area contributed by atoms with Gasteiger partial charge < -0.3 is 9.46 Å². The number of para-hydroxylation sites is 2. The summed E-state index contributed by atoms with van der Waals surface area (Å²) in [5, 5.41) is 11.1. The number of rotatable bonds is 4. The molecule has 1 aliphatic heterocycles. The van der Waals surface area contributed by atoms with Crippen LogP contribution in [0.3, 0.4) is 0 Å². The maximum Gasteiger partial charge on any atom is 0.284 e. The van der Waals surface area contributed by atoms with Crippen molar-refractivity contribution in [3.63, 3.8) is 0 Å². The van der Waals surface area contributed by atoms with Gasteiger partial charge in [-0.3, -0.25) is 10.1 Å². The fraction of sp³-hybridized carbons (Fsp3) is 0. The number of fused-ring (bicyclic) bond motifs is 2. The summed E-state index contributed by atoms with van der Waals surface area (Å²) in [6.45, 7) is 0. The van der Waals surface area contributed by atoms with Crippen LogP contribution in [0.25, 0.3) is 0 Å².